The lowest BCUT2D eigenvalue weighted by atomic mass is 10.1. The number of hydrogen-bond donors (Lipinski definition) is 0. The van der Waals surface area contributed by atoms with E-state index in [9.17, 15) is 4.79 Å². The Morgan fingerprint density at radius 2 is 2.14 bits per heavy atom. The van der Waals surface area contributed by atoms with Gasteiger partial charge in [-0.2, -0.15) is 0 Å². The normalized spacial score (nSPS) is 13.0. The second-order valence-electron chi connectivity index (χ2n) is 5.40. The zero-order valence-electron chi connectivity index (χ0n) is 12.2. The summed E-state index contributed by atoms with van der Waals surface area (Å²) < 4.78 is 10.8. The Labute approximate surface area is 124 Å². The van der Waals surface area contributed by atoms with Crippen molar-refractivity contribution in [3.63, 3.8) is 0 Å². The Hall–Kier alpha value is -2.23. The molecule has 1 aromatic carbocycles. The van der Waals surface area contributed by atoms with Crippen molar-refractivity contribution in [2.24, 2.45) is 0 Å². The van der Waals surface area contributed by atoms with E-state index in [4.69, 9.17) is 9.15 Å². The van der Waals surface area contributed by atoms with Crippen LogP contribution in [0.4, 0.5) is 0 Å². The minimum atomic E-state index is -0.0631. The molecule has 1 heterocycles. The Balaban J connectivity index is 1.53. The zero-order valence-corrected chi connectivity index (χ0v) is 12.2. The summed E-state index contributed by atoms with van der Waals surface area (Å²) in [7, 11) is 1.75. The quantitative estimate of drug-likeness (QED) is 0.848. The van der Waals surface area contributed by atoms with Gasteiger partial charge in [0.15, 0.2) is 6.61 Å². The van der Waals surface area contributed by atoms with Crippen LogP contribution in [0.3, 0.4) is 0 Å². The maximum atomic E-state index is 12.0. The monoisotopic (exact) mass is 285 g/mol. The van der Waals surface area contributed by atoms with E-state index in [-0.39, 0.29) is 12.5 Å². The van der Waals surface area contributed by atoms with Gasteiger partial charge in [-0.1, -0.05) is 6.07 Å². The number of amides is 1. The zero-order chi connectivity index (χ0) is 14.7. The molecule has 0 fully saturated rings. The topological polar surface area (TPSA) is 42.7 Å². The molecular formula is C17H19NO3. The SMILES string of the molecule is CN(Cc1ccco1)C(=O)COc1ccc2c(c1)CCC2. The number of rotatable bonds is 5. The number of furan rings is 1. The van der Waals surface area contributed by atoms with Crippen molar-refractivity contribution in [1.82, 2.24) is 4.90 Å². The first-order chi connectivity index (χ1) is 10.2. The summed E-state index contributed by atoms with van der Waals surface area (Å²) in [5, 5.41) is 0. The molecule has 0 atom stereocenters. The van der Waals surface area contributed by atoms with Crippen LogP contribution in [0.1, 0.15) is 23.3 Å². The summed E-state index contributed by atoms with van der Waals surface area (Å²) in [6.07, 6.45) is 5.08. The van der Waals surface area contributed by atoms with E-state index in [0.717, 1.165) is 24.4 Å². The molecule has 110 valence electrons. The summed E-state index contributed by atoms with van der Waals surface area (Å²) in [4.78, 5) is 13.6. The average molecular weight is 285 g/mol. The van der Waals surface area contributed by atoms with E-state index in [1.165, 1.54) is 17.5 Å². The van der Waals surface area contributed by atoms with Gasteiger partial charge in [0, 0.05) is 7.05 Å². The number of fused-ring (bicyclic) bond motifs is 1. The molecule has 2 aromatic rings. The second-order valence-corrected chi connectivity index (χ2v) is 5.40. The smallest absolute Gasteiger partial charge is 0.260 e. The highest BCUT2D eigenvalue weighted by Crippen LogP contribution is 2.26. The fourth-order valence-corrected chi connectivity index (χ4v) is 2.62. The van der Waals surface area contributed by atoms with E-state index in [2.05, 4.69) is 12.1 Å². The lowest BCUT2D eigenvalue weighted by Gasteiger charge is -2.16. The van der Waals surface area contributed by atoms with Crippen LogP contribution in [0.5, 0.6) is 5.75 Å². The van der Waals surface area contributed by atoms with Gasteiger partial charge in [-0.3, -0.25) is 4.79 Å². The van der Waals surface area contributed by atoms with Gasteiger partial charge in [-0.15, -0.1) is 0 Å². The number of nitrogens with zero attached hydrogens (tertiary/aromatic N) is 1. The minimum Gasteiger partial charge on any atom is -0.484 e. The summed E-state index contributed by atoms with van der Waals surface area (Å²) in [5.74, 6) is 1.48. The molecule has 4 heteroatoms. The number of benzene rings is 1. The summed E-state index contributed by atoms with van der Waals surface area (Å²) in [6, 6.07) is 9.78. The molecule has 0 aliphatic heterocycles. The highest BCUT2D eigenvalue weighted by atomic mass is 16.5. The third kappa shape index (κ3) is 3.27. The second kappa shape index (κ2) is 6.04. The molecule has 1 aliphatic carbocycles. The van der Waals surface area contributed by atoms with Crippen molar-refractivity contribution in [2.45, 2.75) is 25.8 Å². The fourth-order valence-electron chi connectivity index (χ4n) is 2.62. The van der Waals surface area contributed by atoms with E-state index in [1.807, 2.05) is 18.2 Å². The molecule has 0 saturated heterocycles. The van der Waals surface area contributed by atoms with Crippen LogP contribution >= 0.6 is 0 Å². The highest BCUT2D eigenvalue weighted by Gasteiger charge is 2.14. The Morgan fingerprint density at radius 3 is 2.95 bits per heavy atom. The Morgan fingerprint density at radius 1 is 1.29 bits per heavy atom. The van der Waals surface area contributed by atoms with Gasteiger partial charge in [-0.05, 0) is 54.7 Å². The summed E-state index contributed by atoms with van der Waals surface area (Å²) in [5.41, 5.74) is 2.76. The van der Waals surface area contributed by atoms with Crippen LogP contribution in [0.25, 0.3) is 0 Å². The Bertz CT molecular complexity index is 619. The number of carbonyl (C=O) groups excluding carboxylic acids is 1. The van der Waals surface area contributed by atoms with Crippen molar-refractivity contribution >= 4 is 5.91 Å². The number of likely N-dealkylation sites (N-methyl/N-ethyl adjacent to an activating group) is 1. The number of hydrogen-bond acceptors (Lipinski definition) is 3. The van der Waals surface area contributed by atoms with Gasteiger partial charge >= 0.3 is 0 Å². The average Bonchev–Trinajstić information content (AvgIpc) is 3.14. The molecular weight excluding hydrogens is 266 g/mol. The van der Waals surface area contributed by atoms with Gasteiger partial charge < -0.3 is 14.1 Å². The Kier molecular flexibility index (Phi) is 3.95. The first kappa shape index (κ1) is 13.7. The first-order valence-electron chi connectivity index (χ1n) is 7.23. The third-order valence-electron chi connectivity index (χ3n) is 3.83. The molecule has 0 bridgehead atoms. The molecule has 0 N–H and O–H groups in total. The van der Waals surface area contributed by atoms with Gasteiger partial charge in [0.1, 0.15) is 11.5 Å². The number of ether oxygens (including phenoxy) is 1. The van der Waals surface area contributed by atoms with Gasteiger partial charge in [0.25, 0.3) is 5.91 Å². The molecule has 3 rings (SSSR count). The van der Waals surface area contributed by atoms with Gasteiger partial charge in [0.05, 0.1) is 12.8 Å². The van der Waals surface area contributed by atoms with Crippen molar-refractivity contribution in [2.75, 3.05) is 13.7 Å². The molecule has 0 radical (unpaired) electrons. The van der Waals surface area contributed by atoms with E-state index >= 15 is 0 Å². The predicted octanol–water partition coefficient (Wildman–Crippen LogP) is 2.81. The van der Waals surface area contributed by atoms with Crippen LogP contribution in [0.2, 0.25) is 0 Å². The molecule has 0 spiro atoms. The van der Waals surface area contributed by atoms with Crippen LogP contribution in [-0.2, 0) is 24.2 Å². The van der Waals surface area contributed by atoms with Gasteiger partial charge in [-0.25, -0.2) is 0 Å². The maximum Gasteiger partial charge on any atom is 0.260 e. The lowest BCUT2D eigenvalue weighted by molar-refractivity contribution is -0.132. The standard InChI is InChI=1S/C17H19NO3/c1-18(11-16-6-3-9-20-16)17(19)12-21-15-8-7-13-4-2-5-14(13)10-15/h3,6-10H,2,4-5,11-12H2,1H3. The highest BCUT2D eigenvalue weighted by molar-refractivity contribution is 5.77. The van der Waals surface area contributed by atoms with Crippen molar-refractivity contribution in [1.29, 1.82) is 0 Å². The molecule has 1 aromatic heterocycles. The minimum absolute atomic E-state index is 0.0516. The van der Waals surface area contributed by atoms with Crippen LogP contribution in [0, 0.1) is 0 Å². The van der Waals surface area contributed by atoms with Crippen molar-refractivity contribution < 1.29 is 13.9 Å². The van der Waals surface area contributed by atoms with E-state index in [0.29, 0.717) is 6.54 Å². The maximum absolute atomic E-state index is 12.0. The first-order valence-corrected chi connectivity index (χ1v) is 7.23. The molecule has 4 nitrogen and oxygen atoms in total. The van der Waals surface area contributed by atoms with E-state index in [1.54, 1.807) is 18.2 Å². The predicted molar refractivity (Wildman–Crippen MR) is 79.1 cm³/mol. The van der Waals surface area contributed by atoms with Crippen molar-refractivity contribution in [3.8, 4) is 5.75 Å². The summed E-state index contributed by atoms with van der Waals surface area (Å²) in [6.45, 7) is 0.509. The van der Waals surface area contributed by atoms with Crippen molar-refractivity contribution in [3.05, 3.63) is 53.5 Å². The van der Waals surface area contributed by atoms with Crippen LogP contribution in [-0.4, -0.2) is 24.5 Å². The van der Waals surface area contributed by atoms with Crippen LogP contribution < -0.4 is 4.74 Å². The largest absolute Gasteiger partial charge is 0.484 e. The molecule has 1 amide bonds. The van der Waals surface area contributed by atoms with E-state index < -0.39 is 0 Å². The molecule has 0 unspecified atom stereocenters. The third-order valence-corrected chi connectivity index (χ3v) is 3.83. The fraction of sp³-hybridized carbons (Fsp3) is 0.353. The van der Waals surface area contributed by atoms with Gasteiger partial charge in [0.2, 0.25) is 0 Å². The van der Waals surface area contributed by atoms with Crippen LogP contribution in [0.15, 0.2) is 41.0 Å². The summed E-state index contributed by atoms with van der Waals surface area (Å²) >= 11 is 0. The molecule has 0 saturated carbocycles. The number of carbonyl (C=O) groups is 1. The lowest BCUT2D eigenvalue weighted by Crippen LogP contribution is -2.30. The molecule has 1 aliphatic rings. The number of aryl methyl sites for hydroxylation is 2. The molecule has 21 heavy (non-hydrogen) atoms.